The highest BCUT2D eigenvalue weighted by molar-refractivity contribution is 5.92. The van der Waals surface area contributed by atoms with Gasteiger partial charge in [0.2, 0.25) is 5.91 Å². The number of carbonyl (C=O) groups excluding carboxylic acids is 1. The Kier molecular flexibility index (Phi) is 6.84. The Morgan fingerprint density at radius 1 is 1.06 bits per heavy atom. The van der Waals surface area contributed by atoms with Gasteiger partial charge in [0.1, 0.15) is 17.3 Å². The number of aromatic nitrogens is 3. The van der Waals surface area contributed by atoms with Gasteiger partial charge >= 0.3 is 0 Å². The number of nitrogens with zero attached hydrogens (tertiary/aromatic N) is 4. The first-order valence-corrected chi connectivity index (χ1v) is 10.7. The lowest BCUT2D eigenvalue weighted by Crippen LogP contribution is -2.37. The zero-order valence-corrected chi connectivity index (χ0v) is 17.7. The summed E-state index contributed by atoms with van der Waals surface area (Å²) in [6, 6.07) is 11.1. The fourth-order valence-corrected chi connectivity index (χ4v) is 3.65. The number of pyridine rings is 1. The number of likely N-dealkylation sites (tertiary alicyclic amines) is 1. The molecule has 1 aliphatic rings. The fraction of sp³-hybridized carbons (Fsp3) is 0.333. The number of nitrogens with one attached hydrogen (secondary N) is 1. The quantitative estimate of drug-likeness (QED) is 0.624. The fourth-order valence-electron chi connectivity index (χ4n) is 3.65. The van der Waals surface area contributed by atoms with Gasteiger partial charge in [0.25, 0.3) is 0 Å². The molecule has 1 saturated heterocycles. The number of aryl methyl sites for hydroxylation is 1. The van der Waals surface area contributed by atoms with E-state index in [9.17, 15) is 4.79 Å². The summed E-state index contributed by atoms with van der Waals surface area (Å²) in [5, 5.41) is 3.03. The van der Waals surface area contributed by atoms with E-state index >= 15 is 0 Å². The van der Waals surface area contributed by atoms with Crippen LogP contribution >= 0.6 is 0 Å². The first kappa shape index (κ1) is 20.9. The molecule has 160 valence electrons. The van der Waals surface area contributed by atoms with Crippen LogP contribution in [0, 0.1) is 5.92 Å². The van der Waals surface area contributed by atoms with Crippen molar-refractivity contribution in [1.29, 1.82) is 0 Å². The van der Waals surface area contributed by atoms with Crippen molar-refractivity contribution in [1.82, 2.24) is 19.9 Å². The molecule has 0 aliphatic carbocycles. The van der Waals surface area contributed by atoms with Crippen molar-refractivity contribution in [2.45, 2.75) is 32.7 Å². The van der Waals surface area contributed by atoms with Gasteiger partial charge in [0.05, 0.1) is 6.20 Å². The van der Waals surface area contributed by atoms with E-state index in [4.69, 9.17) is 4.74 Å². The average molecular weight is 418 g/mol. The minimum absolute atomic E-state index is 0.0290. The molecule has 1 fully saturated rings. The summed E-state index contributed by atoms with van der Waals surface area (Å²) in [7, 11) is 0. The first-order valence-electron chi connectivity index (χ1n) is 10.7. The number of anilines is 1. The maximum atomic E-state index is 12.7. The molecule has 31 heavy (non-hydrogen) atoms. The maximum Gasteiger partial charge on any atom is 0.227 e. The molecule has 1 N–H and O–H groups in total. The number of rotatable bonds is 7. The number of piperidine rings is 1. The second kappa shape index (κ2) is 10.1. The summed E-state index contributed by atoms with van der Waals surface area (Å²) in [5.74, 6) is 2.36. The van der Waals surface area contributed by atoms with Crippen molar-refractivity contribution in [3.63, 3.8) is 0 Å². The zero-order valence-electron chi connectivity index (χ0n) is 17.7. The van der Waals surface area contributed by atoms with Crippen LogP contribution in [0.1, 0.15) is 31.2 Å². The zero-order chi connectivity index (χ0) is 21.5. The van der Waals surface area contributed by atoms with Gasteiger partial charge in [-0.25, -0.2) is 9.97 Å². The Balaban J connectivity index is 1.24. The smallest absolute Gasteiger partial charge is 0.227 e. The monoisotopic (exact) mass is 417 g/mol. The molecule has 0 atom stereocenters. The van der Waals surface area contributed by atoms with E-state index in [-0.39, 0.29) is 11.8 Å². The normalized spacial score (nSPS) is 14.9. The number of benzene rings is 1. The van der Waals surface area contributed by atoms with Gasteiger partial charge in [0, 0.05) is 48.7 Å². The standard InChI is InChI=1S/C24H27N5O2/c1-2-23-26-14-18(15-27-23)17-29-12-9-19(10-13-29)24(30)28-20-5-7-21(8-6-20)31-22-4-3-11-25-16-22/h3-8,11,14-16,19H,2,9-10,12-13,17H2,1H3,(H,28,30). The third-order valence-electron chi connectivity index (χ3n) is 5.43. The minimum Gasteiger partial charge on any atom is -0.456 e. The van der Waals surface area contributed by atoms with Crippen molar-refractivity contribution in [2.24, 2.45) is 5.92 Å². The van der Waals surface area contributed by atoms with Crippen molar-refractivity contribution in [3.8, 4) is 11.5 Å². The number of amides is 1. The summed E-state index contributed by atoms with van der Waals surface area (Å²) in [6.07, 6.45) is 9.73. The van der Waals surface area contributed by atoms with Crippen LogP contribution in [0.5, 0.6) is 11.5 Å². The molecule has 0 saturated carbocycles. The van der Waals surface area contributed by atoms with Crippen LogP contribution in [0.2, 0.25) is 0 Å². The highest BCUT2D eigenvalue weighted by Gasteiger charge is 2.25. The molecule has 2 aromatic heterocycles. The van der Waals surface area contributed by atoms with Gasteiger partial charge in [-0.05, 0) is 62.3 Å². The van der Waals surface area contributed by atoms with Crippen molar-refractivity contribution in [3.05, 3.63) is 72.6 Å². The topological polar surface area (TPSA) is 80.2 Å². The number of carbonyl (C=O) groups is 1. The lowest BCUT2D eigenvalue weighted by molar-refractivity contribution is -0.121. The lowest BCUT2D eigenvalue weighted by atomic mass is 9.95. The van der Waals surface area contributed by atoms with Crippen molar-refractivity contribution >= 4 is 11.6 Å². The summed E-state index contributed by atoms with van der Waals surface area (Å²) in [5.41, 5.74) is 1.90. The molecular weight excluding hydrogens is 390 g/mol. The molecule has 1 aromatic carbocycles. The van der Waals surface area contributed by atoms with E-state index in [0.717, 1.165) is 56.0 Å². The summed E-state index contributed by atoms with van der Waals surface area (Å²) >= 11 is 0. The molecule has 7 heteroatoms. The molecule has 3 heterocycles. The van der Waals surface area contributed by atoms with E-state index < -0.39 is 0 Å². The molecular formula is C24H27N5O2. The van der Waals surface area contributed by atoms with E-state index in [0.29, 0.717) is 11.5 Å². The Hall–Kier alpha value is -3.32. The third-order valence-corrected chi connectivity index (χ3v) is 5.43. The number of hydrogen-bond acceptors (Lipinski definition) is 6. The van der Waals surface area contributed by atoms with Crippen LogP contribution < -0.4 is 10.1 Å². The van der Waals surface area contributed by atoms with Crippen LogP contribution in [-0.2, 0) is 17.8 Å². The Bertz CT molecular complexity index is 969. The van der Waals surface area contributed by atoms with Crippen LogP contribution in [0.4, 0.5) is 5.69 Å². The SMILES string of the molecule is CCc1ncc(CN2CCC(C(=O)Nc3ccc(Oc4cccnc4)cc3)CC2)cn1. The summed E-state index contributed by atoms with van der Waals surface area (Å²) in [4.78, 5) is 27.8. The van der Waals surface area contributed by atoms with Gasteiger partial charge in [-0.1, -0.05) is 6.92 Å². The van der Waals surface area contributed by atoms with Crippen molar-refractivity contribution in [2.75, 3.05) is 18.4 Å². The van der Waals surface area contributed by atoms with E-state index in [1.807, 2.05) is 48.8 Å². The third kappa shape index (κ3) is 5.86. The lowest BCUT2D eigenvalue weighted by Gasteiger charge is -2.31. The predicted octanol–water partition coefficient (Wildman–Crippen LogP) is 4.08. The van der Waals surface area contributed by atoms with Gasteiger partial charge in [-0.15, -0.1) is 0 Å². The van der Waals surface area contributed by atoms with Gasteiger partial charge in [-0.2, -0.15) is 0 Å². The van der Waals surface area contributed by atoms with E-state index in [2.05, 4.69) is 32.1 Å². The summed E-state index contributed by atoms with van der Waals surface area (Å²) < 4.78 is 5.74. The van der Waals surface area contributed by atoms with Crippen LogP contribution in [0.3, 0.4) is 0 Å². The van der Waals surface area contributed by atoms with Gasteiger partial charge in [-0.3, -0.25) is 14.7 Å². The minimum atomic E-state index is 0.0290. The number of ether oxygens (including phenoxy) is 1. The molecule has 3 aromatic rings. The molecule has 4 rings (SSSR count). The first-order chi connectivity index (χ1) is 15.2. The molecule has 7 nitrogen and oxygen atoms in total. The Labute approximate surface area is 182 Å². The van der Waals surface area contributed by atoms with Crippen LogP contribution in [0.25, 0.3) is 0 Å². The second-order valence-electron chi connectivity index (χ2n) is 7.72. The molecule has 0 spiro atoms. The molecule has 1 aliphatic heterocycles. The second-order valence-corrected chi connectivity index (χ2v) is 7.72. The average Bonchev–Trinajstić information content (AvgIpc) is 2.82. The van der Waals surface area contributed by atoms with Crippen LogP contribution in [0.15, 0.2) is 61.2 Å². The van der Waals surface area contributed by atoms with E-state index in [1.165, 1.54) is 0 Å². The largest absolute Gasteiger partial charge is 0.456 e. The maximum absolute atomic E-state index is 12.7. The number of hydrogen-bond donors (Lipinski definition) is 1. The highest BCUT2D eigenvalue weighted by atomic mass is 16.5. The predicted molar refractivity (Wildman–Crippen MR) is 119 cm³/mol. The van der Waals surface area contributed by atoms with Gasteiger partial charge < -0.3 is 10.1 Å². The Morgan fingerprint density at radius 2 is 1.81 bits per heavy atom. The molecule has 0 radical (unpaired) electrons. The van der Waals surface area contributed by atoms with E-state index in [1.54, 1.807) is 12.4 Å². The van der Waals surface area contributed by atoms with Crippen LogP contribution in [-0.4, -0.2) is 38.8 Å². The van der Waals surface area contributed by atoms with Gasteiger partial charge in [0.15, 0.2) is 0 Å². The molecule has 0 bridgehead atoms. The Morgan fingerprint density at radius 3 is 2.45 bits per heavy atom. The molecule has 1 amide bonds. The summed E-state index contributed by atoms with van der Waals surface area (Å²) in [6.45, 7) is 4.67. The highest BCUT2D eigenvalue weighted by Crippen LogP contribution is 2.24. The van der Waals surface area contributed by atoms with Crippen molar-refractivity contribution < 1.29 is 9.53 Å². The molecule has 0 unspecified atom stereocenters.